The van der Waals surface area contributed by atoms with Crippen molar-refractivity contribution in [3.05, 3.63) is 0 Å². The Kier molecular flexibility index (Phi) is 4.86. The predicted molar refractivity (Wildman–Crippen MR) is 34.2 cm³/mol. The number of halogens is 2. The molecule has 70 valence electrons. The number of amides is 1. The Morgan fingerprint density at radius 3 is 2.33 bits per heavy atom. The molecule has 0 heterocycles. The Labute approximate surface area is 66.6 Å². The molecule has 0 aliphatic carbocycles. The molecule has 3 N–H and O–H groups in total. The Hall–Kier alpha value is -1.24. The second-order valence-corrected chi connectivity index (χ2v) is 2.06. The van der Waals surface area contributed by atoms with E-state index in [2.05, 4.69) is 0 Å². The molecule has 0 aliphatic rings. The summed E-state index contributed by atoms with van der Waals surface area (Å²) in [7, 11) is 0. The van der Waals surface area contributed by atoms with Gasteiger partial charge in [0.1, 0.15) is 6.04 Å². The second kappa shape index (κ2) is 5.42. The standard InChI is InChI=1S/C5H8F2N2O3/c6-8-3(5(11)12)1-2-4(10)9-7/h3,8H,1-2H2,(H,9,10)(H,11,12)/t3-/m0/s1. The van der Waals surface area contributed by atoms with Crippen LogP contribution < -0.4 is 11.1 Å². The van der Waals surface area contributed by atoms with E-state index in [4.69, 9.17) is 5.11 Å². The lowest BCUT2D eigenvalue weighted by Crippen LogP contribution is -2.32. The molecule has 5 nitrogen and oxygen atoms in total. The maximum atomic E-state index is 11.6. The van der Waals surface area contributed by atoms with Gasteiger partial charge in [-0.3, -0.25) is 9.59 Å². The normalized spacial score (nSPS) is 12.2. The highest BCUT2D eigenvalue weighted by Gasteiger charge is 2.17. The molecular formula is C5H8F2N2O3. The molecule has 7 heteroatoms. The van der Waals surface area contributed by atoms with Crippen molar-refractivity contribution in [1.82, 2.24) is 11.1 Å². The minimum absolute atomic E-state index is 0.304. The first-order valence-electron chi connectivity index (χ1n) is 3.10. The lowest BCUT2D eigenvalue weighted by Gasteiger charge is -2.05. The van der Waals surface area contributed by atoms with E-state index >= 15 is 0 Å². The Morgan fingerprint density at radius 2 is 2.00 bits per heavy atom. The summed E-state index contributed by atoms with van der Waals surface area (Å²) in [4.78, 5) is 20.3. The van der Waals surface area contributed by atoms with Crippen LogP contribution in [0.15, 0.2) is 0 Å². The van der Waals surface area contributed by atoms with Crippen LogP contribution in [0, 0.1) is 0 Å². The summed E-state index contributed by atoms with van der Waals surface area (Å²) in [5.74, 6) is -2.40. The molecule has 0 spiro atoms. The van der Waals surface area contributed by atoms with E-state index in [1.54, 1.807) is 0 Å². The van der Waals surface area contributed by atoms with Crippen LogP contribution in [0.4, 0.5) is 8.96 Å². The van der Waals surface area contributed by atoms with Crippen molar-refractivity contribution in [1.29, 1.82) is 0 Å². The summed E-state index contributed by atoms with van der Waals surface area (Å²) in [5.41, 5.74) is 1.78. The summed E-state index contributed by atoms with van der Waals surface area (Å²) >= 11 is 0. The van der Waals surface area contributed by atoms with Crippen LogP contribution >= 0.6 is 0 Å². The van der Waals surface area contributed by atoms with Crippen molar-refractivity contribution in [2.45, 2.75) is 18.9 Å². The van der Waals surface area contributed by atoms with Gasteiger partial charge in [-0.15, -0.1) is 14.5 Å². The van der Waals surface area contributed by atoms with Gasteiger partial charge in [0.05, 0.1) is 0 Å². The second-order valence-electron chi connectivity index (χ2n) is 2.06. The average Bonchev–Trinajstić information content (AvgIpc) is 2.04. The monoisotopic (exact) mass is 182 g/mol. The first-order chi connectivity index (χ1) is 5.61. The van der Waals surface area contributed by atoms with Gasteiger partial charge in [0.15, 0.2) is 0 Å². The first-order valence-corrected chi connectivity index (χ1v) is 3.10. The van der Waals surface area contributed by atoms with Gasteiger partial charge in [-0.25, -0.2) is 0 Å². The summed E-state index contributed by atoms with van der Waals surface area (Å²) < 4.78 is 22.9. The van der Waals surface area contributed by atoms with Gasteiger partial charge in [-0.2, -0.15) is 5.54 Å². The Bertz CT molecular complexity index is 176. The molecular weight excluding hydrogens is 174 g/mol. The molecule has 12 heavy (non-hydrogen) atoms. The third-order valence-electron chi connectivity index (χ3n) is 1.20. The van der Waals surface area contributed by atoms with Gasteiger partial charge in [0, 0.05) is 6.42 Å². The topological polar surface area (TPSA) is 78.4 Å². The number of carboxylic acids is 1. The molecule has 0 radical (unpaired) electrons. The number of carbonyl (C=O) groups excluding carboxylic acids is 1. The van der Waals surface area contributed by atoms with Gasteiger partial charge in [-0.1, -0.05) is 0 Å². The predicted octanol–water partition coefficient (Wildman–Crippen LogP) is -0.305. The fourth-order valence-corrected chi connectivity index (χ4v) is 0.547. The molecule has 0 fully saturated rings. The maximum Gasteiger partial charge on any atom is 0.323 e. The summed E-state index contributed by atoms with van der Waals surface area (Å²) in [6.45, 7) is 0. The van der Waals surface area contributed by atoms with Crippen molar-refractivity contribution >= 4 is 11.9 Å². The van der Waals surface area contributed by atoms with Crippen LogP contribution in [-0.2, 0) is 9.59 Å². The lowest BCUT2D eigenvalue weighted by molar-refractivity contribution is -0.141. The molecule has 1 atom stereocenters. The van der Waals surface area contributed by atoms with Crippen molar-refractivity contribution in [2.24, 2.45) is 0 Å². The fourth-order valence-electron chi connectivity index (χ4n) is 0.547. The first kappa shape index (κ1) is 10.8. The number of hydrogen-bond donors (Lipinski definition) is 3. The zero-order valence-electron chi connectivity index (χ0n) is 6.01. The molecule has 0 saturated carbocycles. The van der Waals surface area contributed by atoms with Crippen LogP contribution in [0.3, 0.4) is 0 Å². The van der Waals surface area contributed by atoms with E-state index in [0.717, 1.165) is 11.1 Å². The van der Waals surface area contributed by atoms with E-state index in [1.165, 1.54) is 0 Å². The number of nitrogens with one attached hydrogen (secondary N) is 2. The number of aliphatic carboxylic acids is 1. The van der Waals surface area contributed by atoms with Gasteiger partial charge in [0.25, 0.3) is 0 Å². The minimum Gasteiger partial charge on any atom is -0.480 e. The number of carboxylic acid groups (broad SMARTS) is 1. The molecule has 1 amide bonds. The van der Waals surface area contributed by atoms with Gasteiger partial charge >= 0.3 is 5.97 Å². The maximum absolute atomic E-state index is 11.6. The lowest BCUT2D eigenvalue weighted by atomic mass is 10.1. The molecule has 0 aromatic carbocycles. The third-order valence-corrected chi connectivity index (χ3v) is 1.20. The average molecular weight is 182 g/mol. The van der Waals surface area contributed by atoms with E-state index in [1.807, 2.05) is 0 Å². The van der Waals surface area contributed by atoms with Crippen LogP contribution in [0.25, 0.3) is 0 Å². The highest BCUT2D eigenvalue weighted by atomic mass is 19.2. The fraction of sp³-hybridized carbons (Fsp3) is 0.600. The minimum atomic E-state index is -1.47. The largest absolute Gasteiger partial charge is 0.480 e. The number of rotatable bonds is 5. The molecule has 0 rings (SSSR count). The Morgan fingerprint density at radius 1 is 1.42 bits per heavy atom. The van der Waals surface area contributed by atoms with E-state index in [-0.39, 0.29) is 12.8 Å². The van der Waals surface area contributed by atoms with Crippen LogP contribution in [0.5, 0.6) is 0 Å². The zero-order valence-corrected chi connectivity index (χ0v) is 6.01. The van der Waals surface area contributed by atoms with Gasteiger partial charge < -0.3 is 5.11 Å². The molecule has 0 aromatic heterocycles. The molecule has 0 unspecified atom stereocenters. The third kappa shape index (κ3) is 3.81. The zero-order chi connectivity index (χ0) is 9.56. The summed E-state index contributed by atoms with van der Waals surface area (Å²) in [6, 6.07) is -1.47. The summed E-state index contributed by atoms with van der Waals surface area (Å²) in [5, 5.41) is 8.23. The van der Waals surface area contributed by atoms with Crippen molar-refractivity contribution in [2.75, 3.05) is 0 Å². The SMILES string of the molecule is O=C(CC[C@H](NF)C(=O)O)NF. The molecule has 0 saturated heterocycles. The smallest absolute Gasteiger partial charge is 0.323 e. The van der Waals surface area contributed by atoms with E-state index in [0.29, 0.717) is 0 Å². The highest BCUT2D eigenvalue weighted by molar-refractivity contribution is 5.77. The van der Waals surface area contributed by atoms with Crippen LogP contribution in [0.1, 0.15) is 12.8 Å². The van der Waals surface area contributed by atoms with Crippen LogP contribution in [-0.4, -0.2) is 23.0 Å². The Balaban J connectivity index is 3.73. The molecule has 0 aromatic rings. The molecule has 0 bridgehead atoms. The van der Waals surface area contributed by atoms with Crippen LogP contribution in [0.2, 0.25) is 0 Å². The quantitative estimate of drug-likeness (QED) is 0.510. The molecule has 0 aliphatic heterocycles. The van der Waals surface area contributed by atoms with E-state index in [9.17, 15) is 18.6 Å². The van der Waals surface area contributed by atoms with Crippen molar-refractivity contribution in [3.63, 3.8) is 0 Å². The number of hydrogen-bond acceptors (Lipinski definition) is 3. The highest BCUT2D eigenvalue weighted by Crippen LogP contribution is 1.97. The summed E-state index contributed by atoms with van der Waals surface area (Å²) in [6.07, 6.45) is -0.689. The van der Waals surface area contributed by atoms with E-state index < -0.39 is 17.9 Å². The van der Waals surface area contributed by atoms with Gasteiger partial charge in [0.2, 0.25) is 5.91 Å². The van der Waals surface area contributed by atoms with Gasteiger partial charge in [-0.05, 0) is 6.42 Å². The van der Waals surface area contributed by atoms with Crippen molar-refractivity contribution < 1.29 is 23.7 Å². The van der Waals surface area contributed by atoms with Crippen molar-refractivity contribution in [3.8, 4) is 0 Å². The number of carbonyl (C=O) groups is 2.